The van der Waals surface area contributed by atoms with Gasteiger partial charge in [0, 0.05) is 5.56 Å². The first-order valence-electron chi connectivity index (χ1n) is 6.50. The minimum Gasteiger partial charge on any atom is -0.495 e. The van der Waals surface area contributed by atoms with Gasteiger partial charge in [-0.15, -0.1) is 11.3 Å². The van der Waals surface area contributed by atoms with Gasteiger partial charge >= 0.3 is 0 Å². The molecule has 1 unspecified atom stereocenters. The zero-order chi connectivity index (χ0) is 15.4. The third-order valence-corrected chi connectivity index (χ3v) is 5.43. The minimum atomic E-state index is 0.0784. The van der Waals surface area contributed by atoms with E-state index in [0.29, 0.717) is 0 Å². The molecular formula is C15H17Br2NO2S. The van der Waals surface area contributed by atoms with Crippen molar-refractivity contribution in [3.63, 3.8) is 0 Å². The van der Waals surface area contributed by atoms with Crippen LogP contribution in [-0.2, 0) is 0 Å². The largest absolute Gasteiger partial charge is 0.495 e. The maximum absolute atomic E-state index is 5.60. The monoisotopic (exact) mass is 433 g/mol. The number of hydrogen-bond acceptors (Lipinski definition) is 4. The summed E-state index contributed by atoms with van der Waals surface area (Å²) in [5.74, 6) is 1.56. The molecule has 1 aromatic carbocycles. The predicted octanol–water partition coefficient (Wildman–Crippen LogP) is 4.99. The molecule has 114 valence electrons. The minimum absolute atomic E-state index is 0.0784. The van der Waals surface area contributed by atoms with E-state index in [2.05, 4.69) is 55.5 Å². The van der Waals surface area contributed by atoms with Gasteiger partial charge in [0.05, 0.1) is 24.0 Å². The number of thiophene rings is 1. The van der Waals surface area contributed by atoms with Crippen molar-refractivity contribution >= 4 is 43.2 Å². The molecule has 21 heavy (non-hydrogen) atoms. The molecule has 1 atom stereocenters. The van der Waals surface area contributed by atoms with Gasteiger partial charge in [-0.25, -0.2) is 0 Å². The molecule has 0 aliphatic carbocycles. The van der Waals surface area contributed by atoms with E-state index in [1.54, 1.807) is 25.6 Å². The van der Waals surface area contributed by atoms with Gasteiger partial charge in [-0.1, -0.05) is 6.92 Å². The zero-order valence-electron chi connectivity index (χ0n) is 12.1. The molecule has 2 aromatic rings. The summed E-state index contributed by atoms with van der Waals surface area (Å²) >= 11 is 8.77. The second kappa shape index (κ2) is 7.63. The van der Waals surface area contributed by atoms with Gasteiger partial charge in [-0.2, -0.15) is 0 Å². The second-order valence-corrected chi connectivity index (χ2v) is 7.46. The average molecular weight is 435 g/mol. The molecule has 0 aliphatic heterocycles. The summed E-state index contributed by atoms with van der Waals surface area (Å²) in [4.78, 5) is 0. The lowest BCUT2D eigenvalue weighted by Crippen LogP contribution is -2.22. The first-order chi connectivity index (χ1) is 10.1. The Hall–Kier alpha value is -0.560. The highest BCUT2D eigenvalue weighted by molar-refractivity contribution is 9.11. The highest BCUT2D eigenvalue weighted by Crippen LogP contribution is 2.42. The Morgan fingerprint density at radius 2 is 2.00 bits per heavy atom. The quantitative estimate of drug-likeness (QED) is 0.694. The molecule has 1 aromatic heterocycles. The molecule has 2 rings (SSSR count). The molecule has 0 radical (unpaired) electrons. The van der Waals surface area contributed by atoms with E-state index in [0.717, 1.165) is 31.9 Å². The standard InChI is InChI=1S/C15H17Br2NO2S/c1-4-18-14(9-7-12(16)21-8-9)10-5-6-11(19-2)13(17)15(10)20-3/h5-8,14,18H,4H2,1-3H3. The van der Waals surface area contributed by atoms with Crippen LogP contribution in [0.15, 0.2) is 31.8 Å². The Morgan fingerprint density at radius 3 is 2.52 bits per heavy atom. The molecule has 0 fully saturated rings. The summed E-state index contributed by atoms with van der Waals surface area (Å²) in [6.45, 7) is 2.96. The maximum atomic E-state index is 5.60. The van der Waals surface area contributed by atoms with Crippen LogP contribution in [0.2, 0.25) is 0 Å². The molecule has 0 aliphatic rings. The summed E-state index contributed by atoms with van der Waals surface area (Å²) in [5, 5.41) is 5.66. The number of hydrogen-bond donors (Lipinski definition) is 1. The number of rotatable bonds is 6. The fraction of sp³-hybridized carbons (Fsp3) is 0.333. The normalized spacial score (nSPS) is 12.2. The van der Waals surface area contributed by atoms with Crippen molar-refractivity contribution < 1.29 is 9.47 Å². The van der Waals surface area contributed by atoms with Crippen LogP contribution in [-0.4, -0.2) is 20.8 Å². The van der Waals surface area contributed by atoms with Gasteiger partial charge in [0.25, 0.3) is 0 Å². The number of nitrogens with one attached hydrogen (secondary N) is 1. The zero-order valence-corrected chi connectivity index (χ0v) is 16.1. The summed E-state index contributed by atoms with van der Waals surface area (Å²) in [5.41, 5.74) is 2.29. The Labute approximate surface area is 145 Å². The highest BCUT2D eigenvalue weighted by atomic mass is 79.9. The van der Waals surface area contributed by atoms with Crippen LogP contribution >= 0.6 is 43.2 Å². The van der Waals surface area contributed by atoms with E-state index in [1.165, 1.54) is 5.56 Å². The number of halogens is 2. The summed E-state index contributed by atoms with van der Waals surface area (Å²) in [6, 6.07) is 6.21. The molecular weight excluding hydrogens is 418 g/mol. The van der Waals surface area contributed by atoms with E-state index < -0.39 is 0 Å². The number of benzene rings is 1. The van der Waals surface area contributed by atoms with Crippen molar-refractivity contribution in [3.05, 3.63) is 43.0 Å². The smallest absolute Gasteiger partial charge is 0.141 e. The molecule has 0 saturated carbocycles. The Balaban J connectivity index is 2.52. The highest BCUT2D eigenvalue weighted by Gasteiger charge is 2.22. The van der Waals surface area contributed by atoms with Gasteiger partial charge in [-0.05, 0) is 67.5 Å². The molecule has 0 saturated heterocycles. The molecule has 1 N–H and O–H groups in total. The van der Waals surface area contributed by atoms with Crippen molar-refractivity contribution in [1.82, 2.24) is 5.32 Å². The fourth-order valence-electron chi connectivity index (χ4n) is 2.23. The summed E-state index contributed by atoms with van der Waals surface area (Å²) in [7, 11) is 3.33. The van der Waals surface area contributed by atoms with E-state index in [-0.39, 0.29) is 6.04 Å². The van der Waals surface area contributed by atoms with Crippen molar-refractivity contribution in [3.8, 4) is 11.5 Å². The van der Waals surface area contributed by atoms with Crippen molar-refractivity contribution in [2.45, 2.75) is 13.0 Å². The van der Waals surface area contributed by atoms with Crippen LogP contribution in [0.5, 0.6) is 11.5 Å². The molecule has 1 heterocycles. The number of ether oxygens (including phenoxy) is 2. The van der Waals surface area contributed by atoms with Gasteiger partial charge in [0.2, 0.25) is 0 Å². The fourth-order valence-corrected chi connectivity index (χ4v) is 4.12. The molecule has 6 heteroatoms. The lowest BCUT2D eigenvalue weighted by Gasteiger charge is -2.21. The summed E-state index contributed by atoms with van der Waals surface area (Å²) in [6.07, 6.45) is 0. The Kier molecular flexibility index (Phi) is 6.10. The molecule has 3 nitrogen and oxygen atoms in total. The predicted molar refractivity (Wildman–Crippen MR) is 94.8 cm³/mol. The van der Waals surface area contributed by atoms with Crippen LogP contribution in [0, 0.1) is 0 Å². The van der Waals surface area contributed by atoms with Gasteiger partial charge in [-0.3, -0.25) is 0 Å². The van der Waals surface area contributed by atoms with Gasteiger partial charge < -0.3 is 14.8 Å². The summed E-state index contributed by atoms with van der Waals surface area (Å²) < 4.78 is 12.9. The Bertz CT molecular complexity index is 616. The Morgan fingerprint density at radius 1 is 1.24 bits per heavy atom. The van der Waals surface area contributed by atoms with E-state index >= 15 is 0 Å². The average Bonchev–Trinajstić information content (AvgIpc) is 2.91. The molecule has 0 amide bonds. The SMILES string of the molecule is CCNC(c1csc(Br)c1)c1ccc(OC)c(Br)c1OC. The molecule has 0 bridgehead atoms. The van der Waals surface area contributed by atoms with Gasteiger partial charge in [0.15, 0.2) is 0 Å². The maximum Gasteiger partial charge on any atom is 0.141 e. The van der Waals surface area contributed by atoms with Crippen LogP contribution in [0.3, 0.4) is 0 Å². The lowest BCUT2D eigenvalue weighted by molar-refractivity contribution is 0.383. The molecule has 0 spiro atoms. The lowest BCUT2D eigenvalue weighted by atomic mass is 10.00. The third-order valence-electron chi connectivity index (χ3n) is 3.16. The first-order valence-corrected chi connectivity index (χ1v) is 8.96. The number of methoxy groups -OCH3 is 2. The van der Waals surface area contributed by atoms with Crippen LogP contribution in [0.25, 0.3) is 0 Å². The van der Waals surface area contributed by atoms with E-state index in [9.17, 15) is 0 Å². The topological polar surface area (TPSA) is 30.5 Å². The van der Waals surface area contributed by atoms with Crippen molar-refractivity contribution in [2.75, 3.05) is 20.8 Å². The first kappa shape index (κ1) is 16.8. The van der Waals surface area contributed by atoms with E-state index in [4.69, 9.17) is 9.47 Å². The second-order valence-electron chi connectivity index (χ2n) is 4.38. The third kappa shape index (κ3) is 3.62. The van der Waals surface area contributed by atoms with Crippen molar-refractivity contribution in [2.24, 2.45) is 0 Å². The van der Waals surface area contributed by atoms with Crippen LogP contribution in [0.1, 0.15) is 24.1 Å². The van der Waals surface area contributed by atoms with Crippen LogP contribution < -0.4 is 14.8 Å². The van der Waals surface area contributed by atoms with Crippen molar-refractivity contribution in [1.29, 1.82) is 0 Å². The van der Waals surface area contributed by atoms with Gasteiger partial charge in [0.1, 0.15) is 16.0 Å². The van der Waals surface area contributed by atoms with E-state index in [1.807, 2.05) is 12.1 Å². The van der Waals surface area contributed by atoms with Crippen LogP contribution in [0.4, 0.5) is 0 Å².